The molecular formula is C31H51N3Si. The van der Waals surface area contributed by atoms with Gasteiger partial charge in [0.1, 0.15) is 15.2 Å². The van der Waals surface area contributed by atoms with Crippen molar-refractivity contribution in [2.24, 2.45) is 11.8 Å². The molecule has 0 spiro atoms. The van der Waals surface area contributed by atoms with Crippen LogP contribution in [0.15, 0.2) is 30.5 Å². The summed E-state index contributed by atoms with van der Waals surface area (Å²) in [5, 5.41) is 10.1. The van der Waals surface area contributed by atoms with Crippen LogP contribution in [-0.2, 0) is 6.42 Å². The van der Waals surface area contributed by atoms with E-state index in [0.29, 0.717) is 0 Å². The van der Waals surface area contributed by atoms with Crippen molar-refractivity contribution in [1.29, 1.82) is 0 Å². The summed E-state index contributed by atoms with van der Waals surface area (Å²) in [6.45, 7) is 9.39. The normalized spacial score (nSPS) is 13.1. The van der Waals surface area contributed by atoms with Crippen molar-refractivity contribution in [2.75, 3.05) is 0 Å². The molecule has 0 fully saturated rings. The van der Waals surface area contributed by atoms with Gasteiger partial charge in [-0.2, -0.15) is 5.10 Å². The van der Waals surface area contributed by atoms with Crippen LogP contribution < -0.4 is 5.32 Å². The minimum absolute atomic E-state index is 0.750. The van der Waals surface area contributed by atoms with E-state index < -0.39 is 0 Å². The van der Waals surface area contributed by atoms with Crippen molar-refractivity contribution in [1.82, 2.24) is 15.2 Å². The summed E-state index contributed by atoms with van der Waals surface area (Å²) >= 11 is 0. The Morgan fingerprint density at radius 1 is 0.657 bits per heavy atom. The molecule has 0 N–H and O–H groups in total. The third-order valence-electron chi connectivity index (χ3n) is 7.15. The average Bonchev–Trinajstić information content (AvgIpc) is 2.88. The first-order valence-corrected chi connectivity index (χ1v) is 15.9. The van der Waals surface area contributed by atoms with E-state index in [1.54, 1.807) is 0 Å². The predicted octanol–water partition coefficient (Wildman–Crippen LogP) is 8.60. The van der Waals surface area contributed by atoms with Gasteiger partial charge in [0.25, 0.3) is 0 Å². The number of unbranched alkanes of at least 4 members (excludes halogenated alkanes) is 8. The molecule has 4 heteroatoms. The number of rotatable bonds is 20. The number of aromatic nitrogens is 3. The molecule has 35 heavy (non-hydrogen) atoms. The number of nitrogens with zero attached hydrogens (tertiary/aromatic N) is 3. The van der Waals surface area contributed by atoms with Crippen molar-refractivity contribution >= 4 is 14.8 Å². The van der Waals surface area contributed by atoms with E-state index in [0.717, 1.165) is 44.5 Å². The van der Waals surface area contributed by atoms with Crippen molar-refractivity contribution in [3.63, 3.8) is 0 Å². The van der Waals surface area contributed by atoms with Gasteiger partial charge in [-0.3, -0.25) is 4.98 Å². The SMILES string of the molecule is CCCCCCCc1ccc(-c2ccc([Si]CC(C)CCCCCC(C)CCCCC)nn2)nc1. The summed E-state index contributed by atoms with van der Waals surface area (Å²) in [4.78, 5) is 4.65. The van der Waals surface area contributed by atoms with Crippen LogP contribution in [0.2, 0.25) is 6.04 Å². The third kappa shape index (κ3) is 13.4. The molecule has 2 heterocycles. The summed E-state index contributed by atoms with van der Waals surface area (Å²) in [6.07, 6.45) is 22.2. The van der Waals surface area contributed by atoms with Gasteiger partial charge >= 0.3 is 0 Å². The highest BCUT2D eigenvalue weighted by molar-refractivity contribution is 6.52. The Morgan fingerprint density at radius 3 is 1.94 bits per heavy atom. The van der Waals surface area contributed by atoms with E-state index in [2.05, 4.69) is 67.1 Å². The molecule has 2 radical (unpaired) electrons. The summed E-state index contributed by atoms with van der Waals surface area (Å²) in [5.74, 6) is 1.68. The summed E-state index contributed by atoms with van der Waals surface area (Å²) in [5.41, 5.74) is 3.13. The lowest BCUT2D eigenvalue weighted by molar-refractivity contribution is 0.430. The van der Waals surface area contributed by atoms with Crippen molar-refractivity contribution in [2.45, 2.75) is 130 Å². The maximum absolute atomic E-state index is 4.65. The average molecular weight is 494 g/mol. The van der Waals surface area contributed by atoms with Crippen LogP contribution in [0.1, 0.15) is 123 Å². The second kappa shape index (κ2) is 18.7. The van der Waals surface area contributed by atoms with Crippen LogP contribution in [0.25, 0.3) is 11.4 Å². The molecule has 2 aromatic heterocycles. The minimum Gasteiger partial charge on any atom is -0.254 e. The van der Waals surface area contributed by atoms with Crippen LogP contribution in [0.3, 0.4) is 0 Å². The lowest BCUT2D eigenvalue weighted by Gasteiger charge is -2.12. The Morgan fingerprint density at radius 2 is 1.29 bits per heavy atom. The van der Waals surface area contributed by atoms with Crippen LogP contribution in [0, 0.1) is 11.8 Å². The first-order valence-electron chi connectivity index (χ1n) is 14.6. The molecule has 194 valence electrons. The summed E-state index contributed by atoms with van der Waals surface area (Å²) < 4.78 is 0. The fourth-order valence-corrected chi connectivity index (χ4v) is 5.73. The van der Waals surface area contributed by atoms with Crippen molar-refractivity contribution < 1.29 is 0 Å². The Labute approximate surface area is 219 Å². The second-order valence-electron chi connectivity index (χ2n) is 10.7. The molecule has 2 atom stereocenters. The van der Waals surface area contributed by atoms with Gasteiger partial charge in [-0.15, -0.1) is 5.10 Å². The van der Waals surface area contributed by atoms with Crippen LogP contribution in [0.4, 0.5) is 0 Å². The maximum Gasteiger partial charge on any atom is 0.111 e. The number of hydrogen-bond donors (Lipinski definition) is 0. The van der Waals surface area contributed by atoms with Gasteiger partial charge in [0.15, 0.2) is 0 Å². The smallest absolute Gasteiger partial charge is 0.111 e. The predicted molar refractivity (Wildman–Crippen MR) is 153 cm³/mol. The molecule has 2 unspecified atom stereocenters. The molecule has 0 amide bonds. The highest BCUT2D eigenvalue weighted by Crippen LogP contribution is 2.19. The topological polar surface area (TPSA) is 38.7 Å². The fraction of sp³-hybridized carbons (Fsp3) is 0.710. The molecule has 0 aliphatic rings. The van der Waals surface area contributed by atoms with Gasteiger partial charge in [0.05, 0.1) is 5.69 Å². The van der Waals surface area contributed by atoms with E-state index in [1.807, 2.05) is 6.20 Å². The van der Waals surface area contributed by atoms with Gasteiger partial charge in [0, 0.05) is 11.5 Å². The maximum atomic E-state index is 4.65. The van der Waals surface area contributed by atoms with E-state index in [-0.39, 0.29) is 0 Å². The largest absolute Gasteiger partial charge is 0.254 e. The molecule has 2 aromatic rings. The van der Waals surface area contributed by atoms with Gasteiger partial charge in [0.2, 0.25) is 0 Å². The van der Waals surface area contributed by atoms with Gasteiger partial charge < -0.3 is 0 Å². The Bertz CT molecular complexity index is 760. The molecule has 0 bridgehead atoms. The Hall–Kier alpha value is -1.55. The van der Waals surface area contributed by atoms with Crippen LogP contribution in [0.5, 0.6) is 0 Å². The molecule has 3 nitrogen and oxygen atoms in total. The zero-order valence-corrected chi connectivity index (χ0v) is 24.2. The van der Waals surface area contributed by atoms with Crippen LogP contribution >= 0.6 is 0 Å². The third-order valence-corrected chi connectivity index (χ3v) is 8.68. The first kappa shape index (κ1) is 29.7. The van der Waals surface area contributed by atoms with E-state index in [9.17, 15) is 0 Å². The fourth-order valence-electron chi connectivity index (χ4n) is 4.65. The van der Waals surface area contributed by atoms with E-state index >= 15 is 0 Å². The number of aryl methyl sites for hydroxylation is 1. The van der Waals surface area contributed by atoms with E-state index in [4.69, 9.17) is 0 Å². The van der Waals surface area contributed by atoms with Crippen molar-refractivity contribution in [3.8, 4) is 11.4 Å². The first-order chi connectivity index (χ1) is 17.1. The van der Waals surface area contributed by atoms with Crippen LogP contribution in [-0.4, -0.2) is 24.7 Å². The Balaban J connectivity index is 1.61. The molecule has 0 aliphatic heterocycles. The quantitative estimate of drug-likeness (QED) is 0.137. The summed E-state index contributed by atoms with van der Waals surface area (Å²) in [7, 11) is 0.750. The zero-order valence-electron chi connectivity index (χ0n) is 23.2. The summed E-state index contributed by atoms with van der Waals surface area (Å²) in [6, 6.07) is 9.77. The lowest BCUT2D eigenvalue weighted by atomic mass is 9.96. The lowest BCUT2D eigenvalue weighted by Crippen LogP contribution is -2.21. The minimum atomic E-state index is 0.750. The molecule has 2 rings (SSSR count). The number of pyridine rings is 1. The zero-order chi connectivity index (χ0) is 25.1. The van der Waals surface area contributed by atoms with Gasteiger partial charge in [-0.05, 0) is 48.4 Å². The molecule has 0 saturated carbocycles. The molecule has 0 saturated heterocycles. The molecule has 0 aliphatic carbocycles. The monoisotopic (exact) mass is 493 g/mol. The van der Waals surface area contributed by atoms with Gasteiger partial charge in [-0.25, -0.2) is 0 Å². The standard InChI is InChI=1S/C31H51N3Si/c1-5-7-9-10-15-19-28-20-21-29(32-24-28)30-22-23-31(34-33-30)35-25-27(4)18-14-11-13-17-26(3)16-12-8-6-2/h20-24,26-27H,5-19,25H2,1-4H3. The molecular weight excluding hydrogens is 442 g/mol. The molecule has 0 aromatic carbocycles. The van der Waals surface area contributed by atoms with Crippen molar-refractivity contribution in [3.05, 3.63) is 36.0 Å². The van der Waals surface area contributed by atoms with E-state index in [1.165, 1.54) is 101 Å². The highest BCUT2D eigenvalue weighted by Gasteiger charge is 2.08. The highest BCUT2D eigenvalue weighted by atomic mass is 28.2. The van der Waals surface area contributed by atoms with Gasteiger partial charge in [-0.1, -0.05) is 123 Å². The number of hydrogen-bond acceptors (Lipinski definition) is 3. The Kier molecular flexibility index (Phi) is 15.8. The second-order valence-corrected chi connectivity index (χ2v) is 12.0.